The summed E-state index contributed by atoms with van der Waals surface area (Å²) in [4.78, 5) is 0. The number of benzene rings is 2. The predicted octanol–water partition coefficient (Wildman–Crippen LogP) is 1.62. The molecule has 0 spiro atoms. The minimum Gasteiger partial charge on any atom is -0.314 e. The first-order valence-corrected chi connectivity index (χ1v) is 7.07. The molecule has 3 heteroatoms. The van der Waals surface area contributed by atoms with Crippen LogP contribution in [0.1, 0.15) is 11.1 Å². The lowest BCUT2D eigenvalue weighted by Gasteiger charge is -2.11. The molecule has 0 aliphatic carbocycles. The maximum Gasteiger partial charge on any atom is 0.0212 e. The van der Waals surface area contributed by atoms with E-state index in [1.54, 1.807) is 0 Å². The molecule has 3 rings (SSSR count). The van der Waals surface area contributed by atoms with Gasteiger partial charge in [0.15, 0.2) is 0 Å². The van der Waals surface area contributed by atoms with Crippen molar-refractivity contribution in [2.75, 3.05) is 26.2 Å². The van der Waals surface area contributed by atoms with E-state index in [2.05, 4.69) is 52.3 Å². The summed E-state index contributed by atoms with van der Waals surface area (Å²) in [6.45, 7) is 5.95. The van der Waals surface area contributed by atoms with Gasteiger partial charge in [0.25, 0.3) is 0 Å². The molecule has 0 unspecified atom stereocenters. The van der Waals surface area contributed by atoms with Crippen LogP contribution < -0.4 is 16.0 Å². The maximum atomic E-state index is 3.51. The highest BCUT2D eigenvalue weighted by Crippen LogP contribution is 2.23. The fraction of sp³-hybridized carbons (Fsp3) is 0.375. The molecule has 1 heterocycles. The molecular formula is C16H21N3. The van der Waals surface area contributed by atoms with Crippen LogP contribution in [0.3, 0.4) is 0 Å². The molecule has 3 nitrogen and oxygen atoms in total. The van der Waals surface area contributed by atoms with Crippen molar-refractivity contribution in [2.24, 2.45) is 0 Å². The summed E-state index contributed by atoms with van der Waals surface area (Å²) in [5.41, 5.74) is 2.78. The molecule has 0 amide bonds. The normalized spacial score (nSPS) is 17.7. The highest BCUT2D eigenvalue weighted by atomic mass is 15.0. The Balaban J connectivity index is 1.98. The van der Waals surface area contributed by atoms with Crippen LogP contribution in [0.25, 0.3) is 10.8 Å². The largest absolute Gasteiger partial charge is 0.314 e. The van der Waals surface area contributed by atoms with Gasteiger partial charge in [0.2, 0.25) is 0 Å². The first kappa shape index (κ1) is 12.6. The van der Waals surface area contributed by atoms with E-state index in [1.165, 1.54) is 21.9 Å². The molecular weight excluding hydrogens is 234 g/mol. The molecule has 19 heavy (non-hydrogen) atoms. The Morgan fingerprint density at radius 2 is 1.05 bits per heavy atom. The number of hydrogen-bond acceptors (Lipinski definition) is 3. The molecule has 0 aromatic heterocycles. The number of nitrogens with one attached hydrogen (secondary N) is 3. The summed E-state index contributed by atoms with van der Waals surface area (Å²) in [7, 11) is 0. The summed E-state index contributed by atoms with van der Waals surface area (Å²) in [5, 5.41) is 13.2. The van der Waals surface area contributed by atoms with Crippen molar-refractivity contribution >= 4 is 10.8 Å². The molecule has 1 aliphatic heterocycles. The molecule has 0 saturated carbocycles. The van der Waals surface area contributed by atoms with E-state index in [1.807, 2.05) is 0 Å². The minimum atomic E-state index is 0.940. The number of hydrogen-bond donors (Lipinski definition) is 3. The topological polar surface area (TPSA) is 36.1 Å². The second-order valence-electron chi connectivity index (χ2n) is 5.03. The predicted molar refractivity (Wildman–Crippen MR) is 80.2 cm³/mol. The lowest BCUT2D eigenvalue weighted by Crippen LogP contribution is -2.31. The molecule has 2 bridgehead atoms. The van der Waals surface area contributed by atoms with Gasteiger partial charge >= 0.3 is 0 Å². The molecule has 0 atom stereocenters. The van der Waals surface area contributed by atoms with E-state index in [-0.39, 0.29) is 0 Å². The Bertz CT molecular complexity index is 502. The highest BCUT2D eigenvalue weighted by Gasteiger charge is 2.06. The van der Waals surface area contributed by atoms with Gasteiger partial charge in [0.1, 0.15) is 0 Å². The third-order valence-corrected chi connectivity index (χ3v) is 3.69. The minimum absolute atomic E-state index is 0.940. The van der Waals surface area contributed by atoms with Crippen molar-refractivity contribution in [1.82, 2.24) is 16.0 Å². The fourth-order valence-corrected chi connectivity index (χ4v) is 2.66. The van der Waals surface area contributed by atoms with E-state index in [0.717, 1.165) is 39.3 Å². The highest BCUT2D eigenvalue weighted by molar-refractivity contribution is 5.88. The standard InChI is InChI=1S/C16H21N3/c1-2-4-16-14-6-5-13(15(16)3-1)11-18-9-7-17-8-10-19-12-14/h1-6,17-19H,7-12H2. The summed E-state index contributed by atoms with van der Waals surface area (Å²) in [6.07, 6.45) is 0. The summed E-state index contributed by atoms with van der Waals surface area (Å²) in [5.74, 6) is 0. The van der Waals surface area contributed by atoms with Crippen molar-refractivity contribution < 1.29 is 0 Å². The maximum absolute atomic E-state index is 3.51. The molecule has 0 saturated heterocycles. The Kier molecular flexibility index (Phi) is 4.08. The second kappa shape index (κ2) is 6.15. The SMILES string of the molecule is c1ccc2c3ccc(c2c1)CNCCNCCNC3. The lowest BCUT2D eigenvalue weighted by molar-refractivity contribution is 0.584. The monoisotopic (exact) mass is 255 g/mol. The van der Waals surface area contributed by atoms with Gasteiger partial charge in [-0.1, -0.05) is 36.4 Å². The van der Waals surface area contributed by atoms with E-state index < -0.39 is 0 Å². The van der Waals surface area contributed by atoms with Gasteiger partial charge in [-0.2, -0.15) is 0 Å². The Morgan fingerprint density at radius 1 is 0.579 bits per heavy atom. The van der Waals surface area contributed by atoms with Gasteiger partial charge in [-0.05, 0) is 21.9 Å². The lowest BCUT2D eigenvalue weighted by atomic mass is 9.99. The van der Waals surface area contributed by atoms with E-state index in [9.17, 15) is 0 Å². The zero-order valence-electron chi connectivity index (χ0n) is 11.2. The van der Waals surface area contributed by atoms with Crippen LogP contribution in [-0.2, 0) is 13.1 Å². The molecule has 0 radical (unpaired) electrons. The summed E-state index contributed by atoms with van der Waals surface area (Å²) in [6, 6.07) is 13.2. The van der Waals surface area contributed by atoms with Gasteiger partial charge in [0.05, 0.1) is 0 Å². The molecule has 0 fully saturated rings. The fourth-order valence-electron chi connectivity index (χ4n) is 2.66. The van der Waals surface area contributed by atoms with Crippen LogP contribution >= 0.6 is 0 Å². The van der Waals surface area contributed by atoms with E-state index in [0.29, 0.717) is 0 Å². The molecule has 1 aliphatic rings. The van der Waals surface area contributed by atoms with Crippen LogP contribution in [0.5, 0.6) is 0 Å². The third kappa shape index (κ3) is 2.95. The van der Waals surface area contributed by atoms with Gasteiger partial charge in [-0.25, -0.2) is 0 Å². The second-order valence-corrected chi connectivity index (χ2v) is 5.03. The zero-order chi connectivity index (χ0) is 12.9. The van der Waals surface area contributed by atoms with Crippen molar-refractivity contribution in [1.29, 1.82) is 0 Å². The smallest absolute Gasteiger partial charge is 0.0212 e. The van der Waals surface area contributed by atoms with Crippen LogP contribution in [0.2, 0.25) is 0 Å². The summed E-state index contributed by atoms with van der Waals surface area (Å²) < 4.78 is 0. The average molecular weight is 255 g/mol. The van der Waals surface area contributed by atoms with Gasteiger partial charge < -0.3 is 16.0 Å². The molecule has 100 valence electrons. The third-order valence-electron chi connectivity index (χ3n) is 3.69. The number of fused-ring (bicyclic) bond motifs is 6. The van der Waals surface area contributed by atoms with Gasteiger partial charge in [-0.3, -0.25) is 0 Å². The average Bonchev–Trinajstić information content (AvgIpc) is 2.49. The van der Waals surface area contributed by atoms with Crippen LogP contribution in [0, 0.1) is 0 Å². The van der Waals surface area contributed by atoms with Crippen molar-refractivity contribution in [2.45, 2.75) is 13.1 Å². The molecule has 2 aromatic rings. The first-order chi connectivity index (χ1) is 9.45. The summed E-state index contributed by atoms with van der Waals surface area (Å²) >= 11 is 0. The van der Waals surface area contributed by atoms with Crippen LogP contribution in [-0.4, -0.2) is 26.2 Å². The van der Waals surface area contributed by atoms with E-state index >= 15 is 0 Å². The van der Waals surface area contributed by atoms with Gasteiger partial charge in [0, 0.05) is 39.3 Å². The Hall–Kier alpha value is -1.42. The van der Waals surface area contributed by atoms with Crippen LogP contribution in [0.4, 0.5) is 0 Å². The molecule has 3 N–H and O–H groups in total. The van der Waals surface area contributed by atoms with Crippen LogP contribution in [0.15, 0.2) is 36.4 Å². The Morgan fingerprint density at radius 3 is 1.58 bits per heavy atom. The zero-order valence-corrected chi connectivity index (χ0v) is 11.2. The quantitative estimate of drug-likeness (QED) is 0.669. The van der Waals surface area contributed by atoms with Gasteiger partial charge in [-0.15, -0.1) is 0 Å². The van der Waals surface area contributed by atoms with Crippen molar-refractivity contribution in [3.8, 4) is 0 Å². The first-order valence-electron chi connectivity index (χ1n) is 7.07. The number of rotatable bonds is 0. The Labute approximate surface area is 114 Å². The molecule has 2 aromatic carbocycles. The van der Waals surface area contributed by atoms with Crippen molar-refractivity contribution in [3.05, 3.63) is 47.5 Å². The van der Waals surface area contributed by atoms with Crippen molar-refractivity contribution in [3.63, 3.8) is 0 Å². The van der Waals surface area contributed by atoms with E-state index in [4.69, 9.17) is 0 Å².